The van der Waals surface area contributed by atoms with Crippen LogP contribution in [0.2, 0.25) is 5.02 Å². The fraction of sp³-hybridized carbons (Fsp3) is 0.269. The first-order valence-electron chi connectivity index (χ1n) is 11.6. The summed E-state index contributed by atoms with van der Waals surface area (Å²) in [5.74, 6) is 0.704. The van der Waals surface area contributed by atoms with Crippen LogP contribution in [-0.4, -0.2) is 50.2 Å². The third-order valence-corrected chi connectivity index (χ3v) is 6.61. The lowest BCUT2D eigenvalue weighted by atomic mass is 10.2. The largest absolute Gasteiger partial charge is 0.340 e. The minimum atomic E-state index is -0.466. The molecule has 2 aromatic heterocycles. The summed E-state index contributed by atoms with van der Waals surface area (Å²) in [4.78, 5) is 36.8. The second kappa shape index (κ2) is 9.93. The molecule has 0 atom stereocenters. The van der Waals surface area contributed by atoms with Gasteiger partial charge in [-0.1, -0.05) is 66.2 Å². The van der Waals surface area contributed by atoms with Gasteiger partial charge in [-0.3, -0.25) is 19.2 Å². The first-order valence-corrected chi connectivity index (χ1v) is 12.0. The van der Waals surface area contributed by atoms with Crippen LogP contribution in [0.1, 0.15) is 11.1 Å². The number of rotatable bonds is 6. The summed E-state index contributed by atoms with van der Waals surface area (Å²) in [5.41, 5.74) is 2.22. The van der Waals surface area contributed by atoms with Crippen molar-refractivity contribution in [2.24, 2.45) is 7.05 Å². The first kappa shape index (κ1) is 23.1. The normalized spacial score (nSPS) is 14.9. The summed E-state index contributed by atoms with van der Waals surface area (Å²) in [6.45, 7) is 4.58. The van der Waals surface area contributed by atoms with E-state index in [0.717, 1.165) is 43.3 Å². The minimum absolute atomic E-state index is 0.394. The van der Waals surface area contributed by atoms with Gasteiger partial charge in [0.1, 0.15) is 0 Å². The molecule has 0 saturated carbocycles. The summed E-state index contributed by atoms with van der Waals surface area (Å²) in [7, 11) is 1.63. The molecule has 0 bridgehead atoms. The zero-order valence-corrected chi connectivity index (χ0v) is 20.3. The molecule has 2 aromatic carbocycles. The van der Waals surface area contributed by atoms with E-state index in [-0.39, 0.29) is 0 Å². The van der Waals surface area contributed by atoms with E-state index in [4.69, 9.17) is 16.6 Å². The van der Waals surface area contributed by atoms with E-state index in [1.807, 2.05) is 59.2 Å². The molecule has 180 valence electrons. The molecule has 3 heterocycles. The summed E-state index contributed by atoms with van der Waals surface area (Å²) < 4.78 is 3.30. The standard InChI is InChI=1S/C26H27ClN6O2/c1-30-23-22(24(34)29-26(30)35)33(13-5-8-19-6-3-2-4-7-19)25(28-23)32-16-14-31(15-17-32)18-20-9-11-21(27)12-10-20/h2-12H,13-18H2,1H3,(H,29,34,35)/b8-5+. The number of hydrogen-bond donors (Lipinski definition) is 1. The van der Waals surface area contributed by atoms with Crippen molar-refractivity contribution in [2.45, 2.75) is 13.1 Å². The summed E-state index contributed by atoms with van der Waals surface area (Å²) in [6.07, 6.45) is 4.04. The number of benzene rings is 2. The third-order valence-electron chi connectivity index (χ3n) is 6.36. The molecule has 0 spiro atoms. The molecule has 1 fully saturated rings. The van der Waals surface area contributed by atoms with Gasteiger partial charge in [0.05, 0.1) is 0 Å². The molecule has 0 amide bonds. The topological polar surface area (TPSA) is 79.2 Å². The third kappa shape index (κ3) is 4.94. The van der Waals surface area contributed by atoms with Crippen molar-refractivity contribution in [3.05, 3.63) is 97.7 Å². The molecule has 1 saturated heterocycles. The van der Waals surface area contributed by atoms with E-state index in [2.05, 4.69) is 26.9 Å². The van der Waals surface area contributed by atoms with Crippen LogP contribution < -0.4 is 16.1 Å². The maximum absolute atomic E-state index is 12.8. The van der Waals surface area contributed by atoms with Gasteiger partial charge in [0.15, 0.2) is 11.2 Å². The Kier molecular flexibility index (Phi) is 6.57. The predicted octanol–water partition coefficient (Wildman–Crippen LogP) is 3.11. The van der Waals surface area contributed by atoms with E-state index in [0.29, 0.717) is 23.7 Å². The van der Waals surface area contributed by atoms with Crippen molar-refractivity contribution >= 4 is 34.8 Å². The van der Waals surface area contributed by atoms with Crippen LogP contribution in [0.15, 0.2) is 70.3 Å². The van der Waals surface area contributed by atoms with Crippen LogP contribution in [0.5, 0.6) is 0 Å². The monoisotopic (exact) mass is 490 g/mol. The Morgan fingerprint density at radius 1 is 1.00 bits per heavy atom. The van der Waals surface area contributed by atoms with Crippen molar-refractivity contribution < 1.29 is 0 Å². The Hall–Kier alpha value is -3.62. The number of imidazole rings is 1. The van der Waals surface area contributed by atoms with Crippen molar-refractivity contribution in [3.8, 4) is 0 Å². The van der Waals surface area contributed by atoms with Gasteiger partial charge in [-0.25, -0.2) is 4.79 Å². The number of nitrogens with zero attached hydrogens (tertiary/aromatic N) is 5. The Morgan fingerprint density at radius 2 is 1.71 bits per heavy atom. The molecule has 9 heteroatoms. The minimum Gasteiger partial charge on any atom is -0.340 e. The smallest absolute Gasteiger partial charge is 0.329 e. The Labute approximate surface area is 207 Å². The van der Waals surface area contributed by atoms with Gasteiger partial charge in [-0.05, 0) is 23.3 Å². The van der Waals surface area contributed by atoms with Gasteiger partial charge in [0.25, 0.3) is 5.56 Å². The number of H-pyrrole nitrogens is 1. The van der Waals surface area contributed by atoms with Crippen LogP contribution in [0, 0.1) is 0 Å². The van der Waals surface area contributed by atoms with Gasteiger partial charge in [0, 0.05) is 51.3 Å². The zero-order valence-electron chi connectivity index (χ0n) is 19.5. The van der Waals surface area contributed by atoms with Crippen LogP contribution in [-0.2, 0) is 20.1 Å². The summed E-state index contributed by atoms with van der Waals surface area (Å²) in [5, 5.41) is 0.739. The Morgan fingerprint density at radius 3 is 2.43 bits per heavy atom. The van der Waals surface area contributed by atoms with E-state index in [1.165, 1.54) is 10.1 Å². The number of hydrogen-bond acceptors (Lipinski definition) is 5. The quantitative estimate of drug-likeness (QED) is 0.449. The second-order valence-corrected chi connectivity index (χ2v) is 9.15. The molecule has 0 radical (unpaired) electrons. The molecule has 1 aliphatic heterocycles. The lowest BCUT2D eigenvalue weighted by molar-refractivity contribution is 0.248. The highest BCUT2D eigenvalue weighted by Crippen LogP contribution is 2.22. The van der Waals surface area contributed by atoms with Gasteiger partial charge < -0.3 is 9.47 Å². The van der Waals surface area contributed by atoms with Crippen LogP contribution in [0.4, 0.5) is 5.95 Å². The van der Waals surface area contributed by atoms with E-state index < -0.39 is 11.2 Å². The summed E-state index contributed by atoms with van der Waals surface area (Å²) >= 11 is 6.01. The average molecular weight is 491 g/mol. The predicted molar refractivity (Wildman–Crippen MR) is 140 cm³/mol. The van der Waals surface area contributed by atoms with Gasteiger partial charge in [0.2, 0.25) is 5.95 Å². The lowest BCUT2D eigenvalue weighted by Crippen LogP contribution is -2.46. The van der Waals surface area contributed by atoms with Gasteiger partial charge in [-0.15, -0.1) is 0 Å². The fourth-order valence-electron chi connectivity index (χ4n) is 4.45. The van der Waals surface area contributed by atoms with Crippen molar-refractivity contribution in [1.82, 2.24) is 24.0 Å². The van der Waals surface area contributed by atoms with E-state index in [9.17, 15) is 9.59 Å². The van der Waals surface area contributed by atoms with E-state index in [1.54, 1.807) is 7.05 Å². The number of nitrogens with one attached hydrogen (secondary N) is 1. The fourth-order valence-corrected chi connectivity index (χ4v) is 4.58. The summed E-state index contributed by atoms with van der Waals surface area (Å²) in [6, 6.07) is 18.0. The van der Waals surface area contributed by atoms with Gasteiger partial charge >= 0.3 is 5.69 Å². The number of piperazine rings is 1. The lowest BCUT2D eigenvalue weighted by Gasteiger charge is -2.35. The van der Waals surface area contributed by atoms with Crippen LogP contribution in [0.3, 0.4) is 0 Å². The van der Waals surface area contributed by atoms with Crippen LogP contribution in [0.25, 0.3) is 17.2 Å². The highest BCUT2D eigenvalue weighted by Gasteiger charge is 2.24. The zero-order chi connectivity index (χ0) is 24.4. The first-order chi connectivity index (χ1) is 17.0. The van der Waals surface area contributed by atoms with Crippen molar-refractivity contribution in [1.29, 1.82) is 0 Å². The number of anilines is 1. The molecule has 0 aliphatic carbocycles. The number of aryl methyl sites for hydroxylation is 1. The molecule has 0 unspecified atom stereocenters. The van der Waals surface area contributed by atoms with Crippen molar-refractivity contribution in [2.75, 3.05) is 31.1 Å². The maximum atomic E-state index is 12.8. The van der Waals surface area contributed by atoms with E-state index >= 15 is 0 Å². The highest BCUT2D eigenvalue weighted by molar-refractivity contribution is 6.30. The molecule has 1 N–H and O–H groups in total. The molecular weight excluding hydrogens is 464 g/mol. The van der Waals surface area contributed by atoms with Crippen LogP contribution >= 0.6 is 11.6 Å². The molecule has 8 nitrogen and oxygen atoms in total. The number of aromatic amines is 1. The van der Waals surface area contributed by atoms with Crippen molar-refractivity contribution in [3.63, 3.8) is 0 Å². The molecule has 35 heavy (non-hydrogen) atoms. The molecular formula is C26H27ClN6O2. The SMILES string of the molecule is Cn1c(=O)[nH]c(=O)c2c1nc(N1CCN(Cc3ccc(Cl)cc3)CC1)n2C/C=C/c1ccccc1. The second-order valence-electron chi connectivity index (χ2n) is 8.72. The molecule has 1 aliphatic rings. The number of halogens is 1. The maximum Gasteiger partial charge on any atom is 0.329 e. The van der Waals surface area contributed by atoms with Gasteiger partial charge in [-0.2, -0.15) is 4.98 Å². The Bertz CT molecular complexity index is 1460. The average Bonchev–Trinajstić information content (AvgIpc) is 3.25. The highest BCUT2D eigenvalue weighted by atomic mass is 35.5. The number of allylic oxidation sites excluding steroid dienone is 1. The molecule has 5 rings (SSSR count). The number of aromatic nitrogens is 4. The Balaban J connectivity index is 1.41. The number of fused-ring (bicyclic) bond motifs is 1. The molecule has 4 aromatic rings.